The first-order valence-electron chi connectivity index (χ1n) is 9.70. The third-order valence-electron chi connectivity index (χ3n) is 6.11. The molecule has 2 atom stereocenters. The molecule has 5 nitrogen and oxygen atoms in total. The van der Waals surface area contributed by atoms with Gasteiger partial charge in [-0.25, -0.2) is 4.98 Å². The fourth-order valence-electron chi connectivity index (χ4n) is 4.55. The highest BCUT2D eigenvalue weighted by molar-refractivity contribution is 6.30. The summed E-state index contributed by atoms with van der Waals surface area (Å²) in [6.07, 6.45) is 4.20. The van der Waals surface area contributed by atoms with Crippen LogP contribution in [0.4, 0.5) is 5.69 Å². The number of halogens is 1. The van der Waals surface area contributed by atoms with Crippen molar-refractivity contribution in [2.45, 2.75) is 31.2 Å². The Labute approximate surface area is 173 Å². The molecule has 6 heteroatoms. The van der Waals surface area contributed by atoms with E-state index in [-0.39, 0.29) is 17.6 Å². The number of benzene rings is 2. The number of imidazole rings is 1. The number of fused-ring (bicyclic) bond motifs is 2. The zero-order valence-corrected chi connectivity index (χ0v) is 16.8. The molecule has 146 valence electrons. The molecule has 2 heterocycles. The monoisotopic (exact) mass is 405 g/mol. The minimum Gasteiger partial charge on any atom is -0.335 e. The van der Waals surface area contributed by atoms with Gasteiger partial charge in [-0.2, -0.15) is 0 Å². The van der Waals surface area contributed by atoms with E-state index in [1.54, 1.807) is 12.5 Å². The van der Waals surface area contributed by atoms with Crippen molar-refractivity contribution in [2.24, 2.45) is 0 Å². The Hall–Kier alpha value is -2.92. The largest absolute Gasteiger partial charge is 0.335 e. The van der Waals surface area contributed by atoms with E-state index in [2.05, 4.69) is 11.1 Å². The van der Waals surface area contributed by atoms with E-state index in [1.807, 2.05) is 51.9 Å². The number of anilines is 1. The lowest BCUT2D eigenvalue weighted by Crippen LogP contribution is -2.35. The van der Waals surface area contributed by atoms with Gasteiger partial charge < -0.3 is 9.47 Å². The molecule has 29 heavy (non-hydrogen) atoms. The molecule has 0 unspecified atom stereocenters. The molecular weight excluding hydrogens is 386 g/mol. The van der Waals surface area contributed by atoms with Gasteiger partial charge in [-0.3, -0.25) is 9.59 Å². The smallest absolute Gasteiger partial charge is 0.238 e. The predicted octanol–water partition coefficient (Wildman–Crippen LogP) is 4.21. The van der Waals surface area contributed by atoms with Crippen LogP contribution in [0.15, 0.2) is 61.1 Å². The number of para-hydroxylation sites is 1. The van der Waals surface area contributed by atoms with Gasteiger partial charge in [0.25, 0.3) is 0 Å². The molecule has 2 aliphatic rings. The Morgan fingerprint density at radius 3 is 2.66 bits per heavy atom. The molecule has 1 fully saturated rings. The summed E-state index contributed by atoms with van der Waals surface area (Å²) in [6, 6.07) is 15.9. The summed E-state index contributed by atoms with van der Waals surface area (Å²) in [5, 5.41) is 0.702. The molecule has 3 aromatic rings. The maximum atomic E-state index is 13.6. The van der Waals surface area contributed by atoms with E-state index in [0.29, 0.717) is 23.8 Å². The van der Waals surface area contributed by atoms with Gasteiger partial charge >= 0.3 is 0 Å². The van der Waals surface area contributed by atoms with Crippen molar-refractivity contribution in [3.05, 3.63) is 82.9 Å². The highest BCUT2D eigenvalue weighted by Gasteiger charge is 2.66. The molecule has 1 saturated carbocycles. The molecule has 5 rings (SSSR count). The van der Waals surface area contributed by atoms with Crippen LogP contribution >= 0.6 is 11.6 Å². The highest BCUT2D eigenvalue weighted by Crippen LogP contribution is 2.66. The quantitative estimate of drug-likeness (QED) is 0.597. The Morgan fingerprint density at radius 2 is 1.93 bits per heavy atom. The predicted molar refractivity (Wildman–Crippen MR) is 112 cm³/mol. The topological polar surface area (TPSA) is 55.2 Å². The number of hydrogen-bond donors (Lipinski definition) is 0. The highest BCUT2D eigenvalue weighted by atomic mass is 35.5. The van der Waals surface area contributed by atoms with E-state index in [1.165, 1.54) is 6.92 Å². The first kappa shape index (κ1) is 18.1. The molecule has 1 aliphatic carbocycles. The average molecular weight is 406 g/mol. The van der Waals surface area contributed by atoms with Gasteiger partial charge in [0.2, 0.25) is 5.91 Å². The van der Waals surface area contributed by atoms with Crippen molar-refractivity contribution < 1.29 is 9.59 Å². The van der Waals surface area contributed by atoms with E-state index in [9.17, 15) is 9.59 Å². The van der Waals surface area contributed by atoms with Crippen molar-refractivity contribution in [1.29, 1.82) is 0 Å². The lowest BCUT2D eigenvalue weighted by atomic mass is 9.92. The van der Waals surface area contributed by atoms with Gasteiger partial charge in [-0.15, -0.1) is 0 Å². The summed E-state index contributed by atoms with van der Waals surface area (Å²) in [4.78, 5) is 31.0. The molecule has 2 aromatic carbocycles. The van der Waals surface area contributed by atoms with Crippen LogP contribution in [0.3, 0.4) is 0 Å². The lowest BCUT2D eigenvalue weighted by molar-refractivity contribution is -0.120. The number of rotatable bonds is 5. The zero-order valence-electron chi connectivity index (χ0n) is 16.0. The second kappa shape index (κ2) is 6.56. The second-order valence-electron chi connectivity index (χ2n) is 7.81. The SMILES string of the molecule is CC(=O)c1cn(CCN2C(=O)[C@@]3(C[C@H]3c3ccc(Cl)cc3)c3ccccc32)cn1. The van der Waals surface area contributed by atoms with Crippen LogP contribution < -0.4 is 4.90 Å². The van der Waals surface area contributed by atoms with Crippen molar-refractivity contribution in [3.63, 3.8) is 0 Å². The Morgan fingerprint density at radius 1 is 1.17 bits per heavy atom. The number of hydrogen-bond acceptors (Lipinski definition) is 3. The van der Waals surface area contributed by atoms with Crippen LogP contribution in [0, 0.1) is 0 Å². The number of aromatic nitrogens is 2. The molecule has 0 radical (unpaired) electrons. The summed E-state index contributed by atoms with van der Waals surface area (Å²) in [7, 11) is 0. The lowest BCUT2D eigenvalue weighted by Gasteiger charge is -2.18. The Balaban J connectivity index is 1.42. The zero-order chi connectivity index (χ0) is 20.2. The molecule has 0 saturated heterocycles. The molecular formula is C23H20ClN3O2. The van der Waals surface area contributed by atoms with Crippen molar-refractivity contribution in [2.75, 3.05) is 11.4 Å². The summed E-state index contributed by atoms with van der Waals surface area (Å²) < 4.78 is 1.86. The van der Waals surface area contributed by atoms with Crippen LogP contribution in [-0.2, 0) is 16.8 Å². The van der Waals surface area contributed by atoms with E-state index < -0.39 is 5.41 Å². The van der Waals surface area contributed by atoms with E-state index in [4.69, 9.17) is 11.6 Å². The first-order chi connectivity index (χ1) is 14.0. The van der Waals surface area contributed by atoms with Gasteiger partial charge in [-0.1, -0.05) is 41.9 Å². The molecule has 0 bridgehead atoms. The van der Waals surface area contributed by atoms with Crippen LogP contribution in [0.25, 0.3) is 0 Å². The van der Waals surface area contributed by atoms with Crippen molar-refractivity contribution >= 4 is 29.0 Å². The fraction of sp³-hybridized carbons (Fsp3) is 0.261. The molecule has 1 amide bonds. The normalized spacial score (nSPS) is 22.2. The average Bonchev–Trinajstić information content (AvgIpc) is 3.20. The van der Waals surface area contributed by atoms with Gasteiger partial charge in [0.05, 0.1) is 11.7 Å². The number of amides is 1. The standard InChI is InChI=1S/C23H20ClN3O2/c1-15(28)20-13-26(14-25-20)10-11-27-21-5-3-2-4-18(21)23(22(27)29)12-19(23)16-6-8-17(24)9-7-16/h2-9,13-14,19H,10-12H2,1H3/t19-,23-/m0/s1. The summed E-state index contributed by atoms with van der Waals surface area (Å²) in [5.41, 5.74) is 3.23. The van der Waals surface area contributed by atoms with Gasteiger partial charge in [-0.05, 0) is 35.7 Å². The molecule has 1 aromatic heterocycles. The van der Waals surface area contributed by atoms with E-state index >= 15 is 0 Å². The van der Waals surface area contributed by atoms with Crippen LogP contribution in [0.5, 0.6) is 0 Å². The first-order valence-corrected chi connectivity index (χ1v) is 10.1. The molecule has 1 aliphatic heterocycles. The van der Waals surface area contributed by atoms with Crippen molar-refractivity contribution in [3.8, 4) is 0 Å². The summed E-state index contributed by atoms with van der Waals surface area (Å²) >= 11 is 6.04. The number of carbonyl (C=O) groups excluding carboxylic acids is 2. The van der Waals surface area contributed by atoms with Crippen LogP contribution in [-0.4, -0.2) is 27.8 Å². The second-order valence-corrected chi connectivity index (χ2v) is 8.24. The third-order valence-corrected chi connectivity index (χ3v) is 6.36. The third kappa shape index (κ3) is 2.80. The van der Waals surface area contributed by atoms with Gasteiger partial charge in [0.1, 0.15) is 5.69 Å². The number of carbonyl (C=O) groups is 2. The maximum absolute atomic E-state index is 13.6. The Kier molecular flexibility index (Phi) is 4.10. The number of nitrogens with zero attached hydrogens (tertiary/aromatic N) is 3. The van der Waals surface area contributed by atoms with Crippen molar-refractivity contribution in [1.82, 2.24) is 9.55 Å². The summed E-state index contributed by atoms with van der Waals surface area (Å²) in [6.45, 7) is 2.63. The van der Waals surface area contributed by atoms with Gasteiger partial charge in [0, 0.05) is 42.8 Å². The summed E-state index contributed by atoms with van der Waals surface area (Å²) in [5.74, 6) is 0.274. The molecule has 0 N–H and O–H groups in total. The Bertz CT molecular complexity index is 1120. The van der Waals surface area contributed by atoms with Crippen LogP contribution in [0.2, 0.25) is 5.02 Å². The minimum absolute atomic E-state index is 0.0610. The van der Waals surface area contributed by atoms with Crippen LogP contribution in [0.1, 0.15) is 40.9 Å². The number of Topliss-reactive ketones (excluding diaryl/α,β-unsaturated/α-hetero) is 1. The van der Waals surface area contributed by atoms with E-state index in [0.717, 1.165) is 23.2 Å². The van der Waals surface area contributed by atoms with Gasteiger partial charge in [0.15, 0.2) is 5.78 Å². The number of ketones is 1. The maximum Gasteiger partial charge on any atom is 0.238 e. The fourth-order valence-corrected chi connectivity index (χ4v) is 4.67. The molecule has 1 spiro atoms. The minimum atomic E-state index is -0.468.